The molecule has 370 valence electrons. The number of nitrogens with zero attached hydrogens (tertiary/aromatic N) is 4. The third-order valence-corrected chi connectivity index (χ3v) is 12.8. The first-order chi connectivity index (χ1) is 37.0. The number of nitrogens with one attached hydrogen (secondary N) is 2. The summed E-state index contributed by atoms with van der Waals surface area (Å²) in [6, 6.07) is 56.4. The van der Waals surface area contributed by atoms with Gasteiger partial charge in [-0.3, -0.25) is 10.2 Å². The van der Waals surface area contributed by atoms with Gasteiger partial charge in [-0.2, -0.15) is 0 Å². The van der Waals surface area contributed by atoms with Crippen molar-refractivity contribution in [3.63, 3.8) is 0 Å². The van der Waals surface area contributed by atoms with Crippen molar-refractivity contribution in [2.75, 3.05) is 7.11 Å². The molecule has 0 atom stereocenters. The molecule has 7 N–H and O–H groups in total. The highest BCUT2D eigenvalue weighted by Crippen LogP contribution is 2.46. The molecule has 0 saturated heterocycles. The number of amides is 1. The number of para-hydroxylation sites is 1. The number of phenolic OH excluding ortho intramolecular Hbond substituents is 5. The van der Waals surface area contributed by atoms with Gasteiger partial charge in [0.15, 0.2) is 11.5 Å². The third kappa shape index (κ3) is 9.18. The van der Waals surface area contributed by atoms with Crippen LogP contribution in [-0.4, -0.2) is 64.8 Å². The highest BCUT2D eigenvalue weighted by atomic mass is 16.5. The summed E-state index contributed by atoms with van der Waals surface area (Å²) in [6.45, 7) is 0. The van der Waals surface area contributed by atoms with E-state index in [0.29, 0.717) is 44.5 Å². The Morgan fingerprint density at radius 1 is 0.421 bits per heavy atom. The molecule has 76 heavy (non-hydrogen) atoms. The van der Waals surface area contributed by atoms with E-state index in [2.05, 4.69) is 25.7 Å². The summed E-state index contributed by atoms with van der Waals surface area (Å²) in [7, 11) is 1.42. The van der Waals surface area contributed by atoms with Crippen LogP contribution in [0.25, 0.3) is 101 Å². The summed E-state index contributed by atoms with van der Waals surface area (Å²) in [5.74, 6) is -1.33. The van der Waals surface area contributed by atoms with E-state index in [1.165, 1.54) is 31.4 Å². The molecule has 9 aromatic carbocycles. The topological polar surface area (TPSA) is 241 Å². The van der Waals surface area contributed by atoms with Gasteiger partial charge in [-0.15, -0.1) is 20.4 Å². The van der Waals surface area contributed by atoms with Crippen molar-refractivity contribution < 1.29 is 43.9 Å². The van der Waals surface area contributed by atoms with E-state index in [-0.39, 0.29) is 80.6 Å². The zero-order valence-corrected chi connectivity index (χ0v) is 40.1. The van der Waals surface area contributed by atoms with Crippen LogP contribution in [0.15, 0.2) is 203 Å². The lowest BCUT2D eigenvalue weighted by Crippen LogP contribution is -2.30. The van der Waals surface area contributed by atoms with Crippen LogP contribution in [0.2, 0.25) is 0 Å². The van der Waals surface area contributed by atoms with Crippen molar-refractivity contribution in [3.8, 4) is 136 Å². The van der Waals surface area contributed by atoms with Crippen molar-refractivity contribution >= 4 is 11.7 Å². The van der Waals surface area contributed by atoms with Crippen LogP contribution in [0.4, 0.5) is 0 Å². The number of carbonyl (C=O) groups is 1. The van der Waals surface area contributed by atoms with Crippen molar-refractivity contribution in [2.45, 2.75) is 0 Å². The summed E-state index contributed by atoms with van der Waals surface area (Å²) in [4.78, 5) is 13.5. The maximum atomic E-state index is 13.5. The Balaban J connectivity index is 0.834. The first-order valence-electron chi connectivity index (χ1n) is 23.6. The predicted molar refractivity (Wildman–Crippen MR) is 287 cm³/mol. The summed E-state index contributed by atoms with van der Waals surface area (Å²) < 4.78 is 17.6. The molecule has 2 aromatic heterocycles. The number of rotatable bonds is 12. The largest absolute Gasteiger partial charge is 0.507 e. The van der Waals surface area contributed by atoms with Gasteiger partial charge in [-0.05, 0) is 128 Å². The number of benzene rings is 9. The molecule has 0 unspecified atom stereocenters. The molecule has 0 bridgehead atoms. The molecular formula is C61H42N6O9. The minimum Gasteiger partial charge on any atom is -0.507 e. The van der Waals surface area contributed by atoms with Gasteiger partial charge in [0.2, 0.25) is 0 Å². The minimum absolute atomic E-state index is 0.0170. The monoisotopic (exact) mass is 1000 g/mol. The normalized spacial score (nSPS) is 11.1. The zero-order valence-electron chi connectivity index (χ0n) is 40.1. The number of ether oxygens (including phenoxy) is 1. The molecule has 0 aliphatic rings. The van der Waals surface area contributed by atoms with Gasteiger partial charge in [-0.1, -0.05) is 121 Å². The predicted octanol–water partition coefficient (Wildman–Crippen LogP) is 12.7. The Hall–Kier alpha value is -10.8. The Kier molecular flexibility index (Phi) is 12.5. The number of hydrogen-bond acceptors (Lipinski definition) is 14. The molecule has 2 heterocycles. The summed E-state index contributed by atoms with van der Waals surface area (Å²) in [6.07, 6.45) is 0. The standard InChI is InChI=1S/C61H42N6O9/c1-74-53-28-26-43(41-16-10-15-37(30-41)39-21-24-45(51(70)32-39)57(73)63-56(62)44-18-6-5-17-42(44)34-11-3-2-4-12-34)54(55(53)72)61-67-65-59(76-61)47-25-22-40(33-52(47)71)36-14-9-13-35(29-36)38-23-27-50(69)48(31-38)60-66-64-58(75-60)46-19-7-8-20-49(46)68/h2-33,68-72H,1H3,(H2,62,63,73). The van der Waals surface area contributed by atoms with E-state index in [1.807, 2.05) is 84.9 Å². The quantitative estimate of drug-likeness (QED) is 0.0446. The average molecular weight is 1000 g/mol. The van der Waals surface area contributed by atoms with Crippen LogP contribution >= 0.6 is 0 Å². The number of hydrogen-bond donors (Lipinski definition) is 7. The second-order valence-electron chi connectivity index (χ2n) is 17.5. The Morgan fingerprint density at radius 2 is 0.921 bits per heavy atom. The molecule has 0 fully saturated rings. The fourth-order valence-electron chi connectivity index (χ4n) is 8.97. The zero-order chi connectivity index (χ0) is 52.5. The van der Waals surface area contributed by atoms with Gasteiger partial charge in [0.1, 0.15) is 28.8 Å². The molecule has 15 nitrogen and oxygen atoms in total. The fourth-order valence-corrected chi connectivity index (χ4v) is 8.97. The number of aromatic nitrogens is 4. The maximum Gasteiger partial charge on any atom is 0.260 e. The highest BCUT2D eigenvalue weighted by Gasteiger charge is 2.25. The van der Waals surface area contributed by atoms with Gasteiger partial charge < -0.3 is 44.4 Å². The lowest BCUT2D eigenvalue weighted by Gasteiger charge is -2.14. The van der Waals surface area contributed by atoms with Crippen LogP contribution in [0, 0.1) is 5.41 Å². The Labute approximate surface area is 433 Å². The first-order valence-corrected chi connectivity index (χ1v) is 23.6. The fraction of sp³-hybridized carbons (Fsp3) is 0.0164. The number of phenols is 5. The van der Waals surface area contributed by atoms with Crippen LogP contribution in [0.3, 0.4) is 0 Å². The summed E-state index contributed by atoms with van der Waals surface area (Å²) in [5.41, 5.74) is 8.59. The summed E-state index contributed by atoms with van der Waals surface area (Å²) >= 11 is 0. The number of methoxy groups -OCH3 is 1. The van der Waals surface area contributed by atoms with Crippen molar-refractivity contribution in [3.05, 3.63) is 205 Å². The van der Waals surface area contributed by atoms with Gasteiger partial charge in [0, 0.05) is 5.56 Å². The van der Waals surface area contributed by atoms with Gasteiger partial charge in [0.25, 0.3) is 29.5 Å². The molecule has 11 rings (SSSR count). The van der Waals surface area contributed by atoms with Crippen molar-refractivity contribution in [1.29, 1.82) is 5.41 Å². The second-order valence-corrected chi connectivity index (χ2v) is 17.5. The van der Waals surface area contributed by atoms with E-state index in [9.17, 15) is 30.3 Å². The van der Waals surface area contributed by atoms with Crippen LogP contribution < -0.4 is 10.1 Å². The lowest BCUT2D eigenvalue weighted by molar-refractivity contribution is 0.0974. The molecular weight excluding hydrogens is 961 g/mol. The van der Waals surface area contributed by atoms with E-state index in [1.54, 1.807) is 84.9 Å². The number of amidine groups is 1. The molecule has 0 radical (unpaired) electrons. The number of aromatic hydroxyl groups is 5. The molecule has 11 aromatic rings. The highest BCUT2D eigenvalue weighted by molar-refractivity contribution is 6.14. The minimum atomic E-state index is -0.648. The van der Waals surface area contributed by atoms with E-state index in [4.69, 9.17) is 19.0 Å². The Morgan fingerprint density at radius 3 is 1.61 bits per heavy atom. The number of carbonyl (C=O) groups excluding carboxylic acids is 1. The first kappa shape index (κ1) is 47.5. The van der Waals surface area contributed by atoms with Gasteiger partial charge >= 0.3 is 0 Å². The molecule has 15 heteroatoms. The van der Waals surface area contributed by atoms with Gasteiger partial charge in [0.05, 0.1) is 34.9 Å². The maximum absolute atomic E-state index is 13.5. The second kappa shape index (κ2) is 20.0. The van der Waals surface area contributed by atoms with Crippen molar-refractivity contribution in [2.24, 2.45) is 0 Å². The van der Waals surface area contributed by atoms with Crippen LogP contribution in [0.5, 0.6) is 34.5 Å². The molecule has 0 aliphatic heterocycles. The van der Waals surface area contributed by atoms with Crippen molar-refractivity contribution in [1.82, 2.24) is 25.7 Å². The molecule has 0 spiro atoms. The molecule has 0 saturated carbocycles. The van der Waals surface area contributed by atoms with Crippen LogP contribution in [-0.2, 0) is 0 Å². The van der Waals surface area contributed by atoms with Crippen LogP contribution in [0.1, 0.15) is 15.9 Å². The Bertz CT molecular complexity index is 4040. The van der Waals surface area contributed by atoms with E-state index in [0.717, 1.165) is 27.8 Å². The average Bonchev–Trinajstić information content (AvgIpc) is 4.15. The SMILES string of the molecule is COc1ccc(-c2cccc(-c3ccc(C(=O)NC(=N)c4ccccc4-c4ccccc4)c(O)c3)c2)c(-c2nnc(-c3ccc(-c4cccc(-c5ccc(O)c(-c6nnc(-c7ccccc7O)o6)c5)c4)cc3O)o2)c1O. The molecule has 1 amide bonds. The smallest absolute Gasteiger partial charge is 0.260 e. The summed E-state index contributed by atoms with van der Waals surface area (Å²) in [5, 5.41) is 83.6. The lowest BCUT2D eigenvalue weighted by atomic mass is 9.94. The van der Waals surface area contributed by atoms with Gasteiger partial charge in [-0.25, -0.2) is 0 Å². The third-order valence-electron chi connectivity index (χ3n) is 12.8. The van der Waals surface area contributed by atoms with E-state index < -0.39 is 5.91 Å². The van der Waals surface area contributed by atoms with E-state index >= 15 is 0 Å². The molecule has 0 aliphatic carbocycles.